The van der Waals surface area contributed by atoms with Crippen molar-refractivity contribution in [3.8, 4) is 5.69 Å². The molecule has 1 aromatic heterocycles. The predicted molar refractivity (Wildman–Crippen MR) is 50.0 cm³/mol. The van der Waals surface area contributed by atoms with E-state index in [9.17, 15) is 4.79 Å². The van der Waals surface area contributed by atoms with Crippen molar-refractivity contribution in [2.45, 2.75) is 6.92 Å². The summed E-state index contributed by atoms with van der Waals surface area (Å²) in [7, 11) is 0. The first-order chi connectivity index (χ1) is 6.27. The van der Waals surface area contributed by atoms with Crippen LogP contribution in [-0.2, 0) is 0 Å². The molecule has 0 aliphatic heterocycles. The van der Waals surface area contributed by atoms with Crippen LogP contribution in [-0.4, -0.2) is 9.78 Å². The highest BCUT2D eigenvalue weighted by Gasteiger charge is 2.00. The molecule has 2 rings (SSSR count). The van der Waals surface area contributed by atoms with Crippen LogP contribution in [0.15, 0.2) is 35.1 Å². The molecule has 0 aliphatic rings. The molecule has 0 amide bonds. The van der Waals surface area contributed by atoms with Crippen molar-refractivity contribution in [2.24, 2.45) is 0 Å². The van der Waals surface area contributed by atoms with Gasteiger partial charge in [0.05, 0.1) is 11.8 Å². The Kier molecular flexibility index (Phi) is 1.77. The molecule has 1 heterocycles. The number of nitrogens with one attached hydrogen (secondary N) is 1. The van der Waals surface area contributed by atoms with E-state index >= 15 is 0 Å². The second kappa shape index (κ2) is 2.94. The molecule has 3 heteroatoms. The molecule has 0 saturated carbocycles. The molecule has 13 heavy (non-hydrogen) atoms. The van der Waals surface area contributed by atoms with Crippen molar-refractivity contribution in [2.75, 3.05) is 0 Å². The molecule has 1 radical (unpaired) electrons. The molecule has 2 aromatic rings. The van der Waals surface area contributed by atoms with Crippen molar-refractivity contribution in [3.63, 3.8) is 0 Å². The number of hydrogen-bond acceptors (Lipinski definition) is 1. The molecule has 1 aromatic carbocycles. The van der Waals surface area contributed by atoms with Gasteiger partial charge in [0.25, 0.3) is 5.56 Å². The van der Waals surface area contributed by atoms with Crippen LogP contribution in [0.2, 0.25) is 0 Å². The molecule has 0 bridgehead atoms. The number of H-pyrrole nitrogens is 1. The normalized spacial score (nSPS) is 10.2. The van der Waals surface area contributed by atoms with Crippen molar-refractivity contribution < 1.29 is 0 Å². The van der Waals surface area contributed by atoms with E-state index in [1.807, 2.05) is 30.3 Å². The molecule has 3 nitrogen and oxygen atoms in total. The summed E-state index contributed by atoms with van der Waals surface area (Å²) < 4.78 is 1.47. The van der Waals surface area contributed by atoms with Crippen molar-refractivity contribution in [1.82, 2.24) is 9.78 Å². The largest absolute Gasteiger partial charge is 0.295 e. The summed E-state index contributed by atoms with van der Waals surface area (Å²) in [6.45, 7) is 1.81. The third-order valence-corrected chi connectivity index (χ3v) is 1.79. The lowest BCUT2D eigenvalue weighted by atomic mass is 10.3. The summed E-state index contributed by atoms with van der Waals surface area (Å²) in [5.41, 5.74) is 1.43. The van der Waals surface area contributed by atoms with Crippen LogP contribution in [0, 0.1) is 13.0 Å². The number of rotatable bonds is 1. The van der Waals surface area contributed by atoms with Crippen LogP contribution in [0.1, 0.15) is 5.69 Å². The van der Waals surface area contributed by atoms with Crippen molar-refractivity contribution in [1.29, 1.82) is 0 Å². The van der Waals surface area contributed by atoms with E-state index in [0.717, 1.165) is 11.4 Å². The Bertz CT molecular complexity index is 453. The lowest BCUT2D eigenvalue weighted by molar-refractivity contribution is 0.835. The Morgan fingerprint density at radius 3 is 2.54 bits per heavy atom. The van der Waals surface area contributed by atoms with Crippen molar-refractivity contribution in [3.05, 3.63) is 52.4 Å². The van der Waals surface area contributed by atoms with Gasteiger partial charge in [-0.05, 0) is 19.1 Å². The first-order valence-corrected chi connectivity index (χ1v) is 4.04. The van der Waals surface area contributed by atoms with Crippen molar-refractivity contribution >= 4 is 0 Å². The van der Waals surface area contributed by atoms with E-state index < -0.39 is 0 Å². The topological polar surface area (TPSA) is 37.8 Å². The summed E-state index contributed by atoms with van der Waals surface area (Å²) in [5.74, 6) is 0. The van der Waals surface area contributed by atoms with Gasteiger partial charge in [0.1, 0.15) is 0 Å². The molecule has 0 atom stereocenters. The molecule has 0 aliphatic carbocycles. The number of aromatic nitrogens is 2. The molecule has 1 N–H and O–H groups in total. The zero-order chi connectivity index (χ0) is 9.26. The molecule has 0 unspecified atom stereocenters. The highest BCUT2D eigenvalue weighted by atomic mass is 16.1. The molecule has 0 spiro atoms. The summed E-state index contributed by atoms with van der Waals surface area (Å²) in [6.07, 6.45) is 0. The fourth-order valence-electron chi connectivity index (χ4n) is 1.22. The summed E-state index contributed by atoms with van der Waals surface area (Å²) in [5, 5.41) is 2.91. The van der Waals surface area contributed by atoms with E-state index in [2.05, 4.69) is 11.2 Å². The van der Waals surface area contributed by atoms with Gasteiger partial charge in [-0.3, -0.25) is 9.89 Å². The average molecular weight is 173 g/mol. The van der Waals surface area contributed by atoms with Crippen LogP contribution < -0.4 is 5.56 Å². The lowest BCUT2D eigenvalue weighted by Gasteiger charge is -1.99. The maximum atomic E-state index is 11.3. The molecule has 65 valence electrons. The fraction of sp³-hybridized carbons (Fsp3) is 0.100. The number of aromatic amines is 1. The zero-order valence-corrected chi connectivity index (χ0v) is 7.24. The number of benzene rings is 1. The zero-order valence-electron chi connectivity index (χ0n) is 7.24. The average Bonchev–Trinajstić information content (AvgIpc) is 2.47. The van der Waals surface area contributed by atoms with Gasteiger partial charge in [-0.15, -0.1) is 0 Å². The summed E-state index contributed by atoms with van der Waals surface area (Å²) >= 11 is 0. The Labute approximate surface area is 75.6 Å². The van der Waals surface area contributed by atoms with Crippen LogP contribution in [0.25, 0.3) is 5.69 Å². The fourth-order valence-corrected chi connectivity index (χ4v) is 1.22. The lowest BCUT2D eigenvalue weighted by Crippen LogP contribution is -2.13. The van der Waals surface area contributed by atoms with E-state index in [4.69, 9.17) is 0 Å². The van der Waals surface area contributed by atoms with Crippen LogP contribution in [0.4, 0.5) is 0 Å². The van der Waals surface area contributed by atoms with Gasteiger partial charge in [0.15, 0.2) is 0 Å². The predicted octanol–water partition coefficient (Wildman–Crippen LogP) is 1.27. The number of aryl methyl sites for hydroxylation is 1. The maximum Gasteiger partial charge on any atom is 0.279 e. The first kappa shape index (κ1) is 7.86. The van der Waals surface area contributed by atoms with Gasteiger partial charge < -0.3 is 0 Å². The SMILES string of the molecule is Cc1[c]c(=O)n(-c2ccccc2)[nH]1. The van der Waals surface area contributed by atoms with E-state index in [0.29, 0.717) is 0 Å². The minimum atomic E-state index is -0.149. The van der Waals surface area contributed by atoms with Gasteiger partial charge in [0.2, 0.25) is 0 Å². The van der Waals surface area contributed by atoms with Crippen LogP contribution in [0.3, 0.4) is 0 Å². The van der Waals surface area contributed by atoms with Gasteiger partial charge in [-0.25, -0.2) is 4.68 Å². The highest BCUT2D eigenvalue weighted by Crippen LogP contribution is 2.01. The maximum absolute atomic E-state index is 11.3. The highest BCUT2D eigenvalue weighted by molar-refractivity contribution is 5.30. The standard InChI is InChI=1S/C10H9N2O/c1-8-7-10(13)12(11-8)9-5-3-2-4-6-9/h2-6,11H,1H3. The molecular formula is C10H9N2O. The minimum Gasteiger partial charge on any atom is -0.295 e. The summed E-state index contributed by atoms with van der Waals surface area (Å²) in [6, 6.07) is 12.1. The third-order valence-electron chi connectivity index (χ3n) is 1.79. The summed E-state index contributed by atoms with van der Waals surface area (Å²) in [4.78, 5) is 11.3. The van der Waals surface area contributed by atoms with Crippen LogP contribution >= 0.6 is 0 Å². The van der Waals surface area contributed by atoms with E-state index in [1.165, 1.54) is 4.68 Å². The van der Waals surface area contributed by atoms with E-state index in [1.54, 1.807) is 6.92 Å². The number of nitrogens with zero attached hydrogens (tertiary/aromatic N) is 1. The quantitative estimate of drug-likeness (QED) is 0.693. The Morgan fingerprint density at radius 1 is 1.31 bits per heavy atom. The Morgan fingerprint density at radius 2 is 2.00 bits per heavy atom. The van der Waals surface area contributed by atoms with E-state index in [-0.39, 0.29) is 5.56 Å². The second-order valence-electron chi connectivity index (χ2n) is 2.84. The van der Waals surface area contributed by atoms with Gasteiger partial charge >= 0.3 is 0 Å². The number of hydrogen-bond donors (Lipinski definition) is 1. The minimum absolute atomic E-state index is 0.149. The first-order valence-electron chi connectivity index (χ1n) is 4.04. The Hall–Kier alpha value is -1.77. The molecule has 0 fully saturated rings. The smallest absolute Gasteiger partial charge is 0.279 e. The number of para-hydroxylation sites is 1. The van der Waals surface area contributed by atoms with Gasteiger partial charge in [-0.2, -0.15) is 0 Å². The monoisotopic (exact) mass is 173 g/mol. The molecular weight excluding hydrogens is 164 g/mol. The van der Waals surface area contributed by atoms with Crippen LogP contribution in [0.5, 0.6) is 0 Å². The van der Waals surface area contributed by atoms with Gasteiger partial charge in [0, 0.05) is 5.69 Å². The second-order valence-corrected chi connectivity index (χ2v) is 2.84. The molecule has 0 saturated heterocycles. The van der Waals surface area contributed by atoms with Gasteiger partial charge in [-0.1, -0.05) is 18.2 Å². The Balaban J connectivity index is 2.59. The third kappa shape index (κ3) is 1.40.